The Morgan fingerprint density at radius 3 is 2.66 bits per heavy atom. The second kappa shape index (κ2) is 9.47. The van der Waals surface area contributed by atoms with Gasteiger partial charge in [0.25, 0.3) is 5.91 Å². The molecule has 0 radical (unpaired) electrons. The third-order valence-corrected chi connectivity index (χ3v) is 5.75. The monoisotopic (exact) mass is 459 g/mol. The van der Waals surface area contributed by atoms with E-state index >= 15 is 0 Å². The number of halogens is 4. The number of alkyl halides is 3. The molecular formula is C18H13ClF3N3O2S2. The molecule has 0 bridgehead atoms. The van der Waals surface area contributed by atoms with Gasteiger partial charge in [-0.1, -0.05) is 52.9 Å². The first kappa shape index (κ1) is 21.4. The zero-order valence-corrected chi connectivity index (χ0v) is 17.0. The van der Waals surface area contributed by atoms with Gasteiger partial charge in [0.05, 0.1) is 5.56 Å². The van der Waals surface area contributed by atoms with Crippen molar-refractivity contribution in [3.8, 4) is 5.75 Å². The summed E-state index contributed by atoms with van der Waals surface area (Å²) in [6, 6.07) is 11.7. The molecule has 1 N–H and O–H groups in total. The number of nitrogens with zero attached hydrogens (tertiary/aromatic N) is 2. The van der Waals surface area contributed by atoms with Gasteiger partial charge in [-0.05, 0) is 35.9 Å². The molecule has 1 amide bonds. The minimum absolute atomic E-state index is 0.214. The lowest BCUT2D eigenvalue weighted by Crippen LogP contribution is -2.20. The molecule has 5 nitrogen and oxygen atoms in total. The van der Waals surface area contributed by atoms with Crippen molar-refractivity contribution in [2.45, 2.75) is 16.3 Å². The average Bonchev–Trinajstić information content (AvgIpc) is 3.13. The van der Waals surface area contributed by atoms with Crippen molar-refractivity contribution in [3.05, 3.63) is 64.7 Å². The molecular weight excluding hydrogens is 447 g/mol. The number of aromatic nitrogens is 2. The maximum Gasteiger partial charge on any atom is 0.416 e. The van der Waals surface area contributed by atoms with Gasteiger partial charge >= 0.3 is 6.18 Å². The maximum absolute atomic E-state index is 12.8. The second-order valence-electron chi connectivity index (χ2n) is 5.65. The topological polar surface area (TPSA) is 64.1 Å². The quantitative estimate of drug-likeness (QED) is 0.372. The van der Waals surface area contributed by atoms with Crippen molar-refractivity contribution in [1.82, 2.24) is 10.2 Å². The van der Waals surface area contributed by atoms with Crippen LogP contribution in [0.25, 0.3) is 0 Å². The standard InChI is InChI=1S/C18H13ClF3N3O2S2/c19-13-4-6-14(7-5-13)27-9-15(26)23-16-24-25-17(29-16)28-10-11-2-1-3-12(8-11)18(20,21)22/h1-8H,9-10H2,(H,23,24,26). The predicted octanol–water partition coefficient (Wildman–Crippen LogP) is 5.52. The number of carbonyl (C=O) groups is 1. The molecule has 1 heterocycles. The lowest BCUT2D eigenvalue weighted by atomic mass is 10.1. The molecule has 152 valence electrons. The number of benzene rings is 2. The van der Waals surface area contributed by atoms with E-state index in [1.54, 1.807) is 30.3 Å². The summed E-state index contributed by atoms with van der Waals surface area (Å²) in [4.78, 5) is 11.9. The van der Waals surface area contributed by atoms with Gasteiger partial charge in [-0.3, -0.25) is 10.1 Å². The van der Waals surface area contributed by atoms with E-state index in [0.717, 1.165) is 23.5 Å². The van der Waals surface area contributed by atoms with Crippen LogP contribution in [0, 0.1) is 0 Å². The first-order valence-electron chi connectivity index (χ1n) is 8.10. The Morgan fingerprint density at radius 1 is 1.17 bits per heavy atom. The fourth-order valence-corrected chi connectivity index (χ4v) is 3.97. The summed E-state index contributed by atoms with van der Waals surface area (Å²) in [6.45, 7) is -0.214. The number of nitrogens with one attached hydrogen (secondary N) is 1. The smallest absolute Gasteiger partial charge is 0.416 e. The van der Waals surface area contributed by atoms with Crippen LogP contribution in [-0.2, 0) is 16.7 Å². The Labute approximate surface area is 177 Å². The van der Waals surface area contributed by atoms with Gasteiger partial charge in [0.2, 0.25) is 5.13 Å². The predicted molar refractivity (Wildman–Crippen MR) is 106 cm³/mol. The molecule has 0 atom stereocenters. The van der Waals surface area contributed by atoms with E-state index in [9.17, 15) is 18.0 Å². The minimum atomic E-state index is -4.38. The van der Waals surface area contributed by atoms with Crippen LogP contribution >= 0.6 is 34.7 Å². The van der Waals surface area contributed by atoms with E-state index in [0.29, 0.717) is 26.4 Å². The summed E-state index contributed by atoms with van der Waals surface area (Å²) in [7, 11) is 0. The number of ether oxygens (including phenoxy) is 1. The van der Waals surface area contributed by atoms with Crippen molar-refractivity contribution in [3.63, 3.8) is 0 Å². The Balaban J connectivity index is 1.49. The Hall–Kier alpha value is -2.30. The van der Waals surface area contributed by atoms with Gasteiger partial charge in [-0.25, -0.2) is 0 Å². The third kappa shape index (κ3) is 6.62. The van der Waals surface area contributed by atoms with E-state index in [-0.39, 0.29) is 11.7 Å². The lowest BCUT2D eigenvalue weighted by molar-refractivity contribution is -0.137. The normalized spacial score (nSPS) is 11.3. The molecule has 0 aliphatic rings. The molecule has 29 heavy (non-hydrogen) atoms. The maximum atomic E-state index is 12.8. The number of amides is 1. The van der Waals surface area contributed by atoms with Crippen LogP contribution in [0.5, 0.6) is 5.75 Å². The number of hydrogen-bond donors (Lipinski definition) is 1. The average molecular weight is 460 g/mol. The van der Waals surface area contributed by atoms with Crippen LogP contribution in [0.2, 0.25) is 5.02 Å². The fraction of sp³-hybridized carbons (Fsp3) is 0.167. The molecule has 1 aromatic heterocycles. The Kier molecular flexibility index (Phi) is 6.99. The molecule has 0 unspecified atom stereocenters. The molecule has 2 aromatic carbocycles. The molecule has 3 rings (SSSR count). The van der Waals surface area contributed by atoms with Crippen LogP contribution in [0.15, 0.2) is 52.9 Å². The molecule has 0 spiro atoms. The first-order chi connectivity index (χ1) is 13.8. The fourth-order valence-electron chi connectivity index (χ4n) is 2.14. The lowest BCUT2D eigenvalue weighted by Gasteiger charge is -2.07. The van der Waals surface area contributed by atoms with Crippen LogP contribution in [0.4, 0.5) is 18.3 Å². The van der Waals surface area contributed by atoms with Crippen LogP contribution < -0.4 is 10.1 Å². The summed E-state index contributed by atoms with van der Waals surface area (Å²) < 4.78 is 44.1. The largest absolute Gasteiger partial charge is 0.484 e. The number of thioether (sulfide) groups is 1. The zero-order valence-electron chi connectivity index (χ0n) is 14.6. The minimum Gasteiger partial charge on any atom is -0.484 e. The molecule has 0 saturated heterocycles. The first-order valence-corrected chi connectivity index (χ1v) is 10.3. The van der Waals surface area contributed by atoms with Crippen LogP contribution in [0.1, 0.15) is 11.1 Å². The molecule has 11 heteroatoms. The van der Waals surface area contributed by atoms with E-state index < -0.39 is 17.6 Å². The van der Waals surface area contributed by atoms with Crippen molar-refractivity contribution < 1.29 is 22.7 Å². The van der Waals surface area contributed by atoms with Gasteiger partial charge in [0.1, 0.15) is 5.75 Å². The van der Waals surface area contributed by atoms with Crippen molar-refractivity contribution >= 4 is 45.7 Å². The number of anilines is 1. The molecule has 0 saturated carbocycles. The van der Waals surface area contributed by atoms with Gasteiger partial charge < -0.3 is 4.74 Å². The number of hydrogen-bond acceptors (Lipinski definition) is 6. The number of carbonyl (C=O) groups excluding carboxylic acids is 1. The SMILES string of the molecule is O=C(COc1ccc(Cl)cc1)Nc1nnc(SCc2cccc(C(F)(F)F)c2)s1. The summed E-state index contributed by atoms with van der Waals surface area (Å²) in [5, 5.41) is 11.2. The highest BCUT2D eigenvalue weighted by atomic mass is 35.5. The van der Waals surface area contributed by atoms with Gasteiger partial charge in [0.15, 0.2) is 10.9 Å². The summed E-state index contributed by atoms with van der Waals surface area (Å²) in [5.41, 5.74) is -0.177. The van der Waals surface area contributed by atoms with Crippen molar-refractivity contribution in [2.75, 3.05) is 11.9 Å². The van der Waals surface area contributed by atoms with Crippen molar-refractivity contribution in [2.24, 2.45) is 0 Å². The van der Waals surface area contributed by atoms with Gasteiger partial charge in [-0.15, -0.1) is 10.2 Å². The zero-order chi connectivity index (χ0) is 20.9. The van der Waals surface area contributed by atoms with Crippen molar-refractivity contribution in [1.29, 1.82) is 0 Å². The third-order valence-electron chi connectivity index (χ3n) is 3.45. The molecule has 0 aliphatic carbocycles. The second-order valence-corrected chi connectivity index (χ2v) is 8.29. The summed E-state index contributed by atoms with van der Waals surface area (Å²) in [6.07, 6.45) is -4.38. The summed E-state index contributed by atoms with van der Waals surface area (Å²) >= 11 is 8.14. The highest BCUT2D eigenvalue weighted by Crippen LogP contribution is 2.32. The van der Waals surface area contributed by atoms with Gasteiger partial charge in [0, 0.05) is 10.8 Å². The van der Waals surface area contributed by atoms with E-state index in [4.69, 9.17) is 16.3 Å². The number of rotatable bonds is 7. The van der Waals surface area contributed by atoms with Crippen LogP contribution in [-0.4, -0.2) is 22.7 Å². The van der Waals surface area contributed by atoms with Crippen LogP contribution in [0.3, 0.4) is 0 Å². The van der Waals surface area contributed by atoms with E-state index in [1.165, 1.54) is 17.8 Å². The highest BCUT2D eigenvalue weighted by molar-refractivity contribution is 8.00. The molecule has 3 aromatic rings. The molecule has 0 fully saturated rings. The Bertz CT molecular complexity index is 981. The Morgan fingerprint density at radius 2 is 1.93 bits per heavy atom. The molecule has 0 aliphatic heterocycles. The highest BCUT2D eigenvalue weighted by Gasteiger charge is 2.30. The van der Waals surface area contributed by atoms with Gasteiger partial charge in [-0.2, -0.15) is 13.2 Å². The van der Waals surface area contributed by atoms with E-state index in [2.05, 4.69) is 15.5 Å². The van der Waals surface area contributed by atoms with E-state index in [1.807, 2.05) is 0 Å². The summed E-state index contributed by atoms with van der Waals surface area (Å²) in [5.74, 6) is 0.385.